The summed E-state index contributed by atoms with van der Waals surface area (Å²) in [5, 5.41) is 17.3. The summed E-state index contributed by atoms with van der Waals surface area (Å²) in [6.45, 7) is 4.10. The molecule has 5 heterocycles. The number of nitrogens with two attached hydrogens (primary N) is 1. The topological polar surface area (TPSA) is 151 Å². The standard InChI is InChI=1S/C22H27BrN8O4S/c1-12-27-21(35-14-4-7-29(8-5-14)22(33)34)18(36-12)20(32)28-13-3-2-6-30(10-13)15-9-16(23)31-17(15)19(24)25-11-26-31/h9,11,13-14H,2-8,10H2,1H3,(H,28,32)(H,33,34)(H2,24,25,26). The number of anilines is 2. The largest absolute Gasteiger partial charge is 0.473 e. The third-order valence-corrected chi connectivity index (χ3v) is 8.03. The minimum Gasteiger partial charge on any atom is -0.473 e. The van der Waals surface area contributed by atoms with Crippen molar-refractivity contribution in [2.45, 2.75) is 44.8 Å². The Kier molecular flexibility index (Phi) is 6.88. The molecule has 3 aromatic rings. The van der Waals surface area contributed by atoms with Crippen LogP contribution in [-0.2, 0) is 0 Å². The SMILES string of the molecule is Cc1nc(OC2CCN(C(=O)O)CC2)c(C(=O)NC2CCCN(c3cc(Br)n4ncnc(N)c34)C2)s1. The second kappa shape index (κ2) is 10.1. The molecule has 2 aliphatic heterocycles. The number of aryl methyl sites for hydroxylation is 1. The highest BCUT2D eigenvalue weighted by molar-refractivity contribution is 9.10. The molecule has 0 spiro atoms. The van der Waals surface area contributed by atoms with Crippen molar-refractivity contribution in [3.63, 3.8) is 0 Å². The van der Waals surface area contributed by atoms with Gasteiger partial charge in [-0.25, -0.2) is 19.3 Å². The average molecular weight is 579 g/mol. The zero-order chi connectivity index (χ0) is 25.4. The predicted octanol–water partition coefficient (Wildman–Crippen LogP) is 2.76. The Balaban J connectivity index is 1.26. The van der Waals surface area contributed by atoms with Crippen LogP contribution in [0.1, 0.15) is 40.4 Å². The van der Waals surface area contributed by atoms with Gasteiger partial charge in [-0.3, -0.25) is 4.79 Å². The summed E-state index contributed by atoms with van der Waals surface area (Å²) >= 11 is 4.84. The molecule has 3 aromatic heterocycles. The summed E-state index contributed by atoms with van der Waals surface area (Å²) in [6, 6.07) is 1.90. The first-order valence-corrected chi connectivity index (χ1v) is 13.4. The summed E-state index contributed by atoms with van der Waals surface area (Å²) in [6.07, 6.45) is 3.21. The molecule has 0 radical (unpaired) electrons. The first kappa shape index (κ1) is 24.6. The van der Waals surface area contributed by atoms with E-state index in [2.05, 4.69) is 41.2 Å². The number of carboxylic acid groups (broad SMARTS) is 1. The average Bonchev–Trinajstić information content (AvgIpc) is 3.40. The molecule has 14 heteroatoms. The van der Waals surface area contributed by atoms with Crippen LogP contribution >= 0.6 is 27.3 Å². The molecule has 1 unspecified atom stereocenters. The predicted molar refractivity (Wildman–Crippen MR) is 138 cm³/mol. The number of hydrogen-bond donors (Lipinski definition) is 3. The normalized spacial score (nSPS) is 19.0. The molecule has 192 valence electrons. The van der Waals surface area contributed by atoms with Crippen LogP contribution in [-0.4, -0.2) is 79.9 Å². The van der Waals surface area contributed by atoms with Gasteiger partial charge in [0.25, 0.3) is 5.91 Å². The number of nitrogen functional groups attached to an aromatic ring is 1. The van der Waals surface area contributed by atoms with E-state index in [0.29, 0.717) is 49.1 Å². The second-order valence-corrected chi connectivity index (χ2v) is 11.0. The molecule has 2 amide bonds. The number of ether oxygens (including phenoxy) is 1. The third-order valence-electron chi connectivity index (χ3n) is 6.52. The van der Waals surface area contributed by atoms with Crippen LogP contribution in [0.3, 0.4) is 0 Å². The number of hydrogen-bond acceptors (Lipinski definition) is 9. The van der Waals surface area contributed by atoms with Gasteiger partial charge in [-0.15, -0.1) is 11.3 Å². The summed E-state index contributed by atoms with van der Waals surface area (Å²) in [7, 11) is 0. The number of thiazole rings is 1. The maximum absolute atomic E-state index is 13.3. The Hall–Kier alpha value is -3.13. The van der Waals surface area contributed by atoms with Crippen molar-refractivity contribution in [1.82, 2.24) is 29.8 Å². The molecule has 0 saturated carbocycles. The molecule has 2 aliphatic rings. The lowest BCUT2D eigenvalue weighted by Crippen LogP contribution is -2.47. The van der Waals surface area contributed by atoms with Gasteiger partial charge in [-0.05, 0) is 41.8 Å². The smallest absolute Gasteiger partial charge is 0.407 e. The number of rotatable bonds is 5. The van der Waals surface area contributed by atoms with Crippen molar-refractivity contribution < 1.29 is 19.4 Å². The molecule has 1 atom stereocenters. The minimum atomic E-state index is -0.921. The molecule has 0 aliphatic carbocycles. The van der Waals surface area contributed by atoms with E-state index in [-0.39, 0.29) is 18.1 Å². The molecule has 12 nitrogen and oxygen atoms in total. The van der Waals surface area contributed by atoms with Crippen molar-refractivity contribution >= 4 is 56.3 Å². The van der Waals surface area contributed by atoms with E-state index in [9.17, 15) is 9.59 Å². The Morgan fingerprint density at radius 3 is 2.81 bits per heavy atom. The van der Waals surface area contributed by atoms with Crippen LogP contribution in [0, 0.1) is 6.92 Å². The maximum atomic E-state index is 13.3. The highest BCUT2D eigenvalue weighted by Gasteiger charge is 2.29. The van der Waals surface area contributed by atoms with Crippen LogP contribution in [0.15, 0.2) is 17.0 Å². The Morgan fingerprint density at radius 2 is 2.06 bits per heavy atom. The molecule has 36 heavy (non-hydrogen) atoms. The van der Waals surface area contributed by atoms with Crippen molar-refractivity contribution in [1.29, 1.82) is 0 Å². The molecule has 0 aromatic carbocycles. The van der Waals surface area contributed by atoms with Gasteiger partial charge < -0.3 is 30.7 Å². The summed E-state index contributed by atoms with van der Waals surface area (Å²) < 4.78 is 8.57. The molecule has 2 saturated heterocycles. The minimum absolute atomic E-state index is 0.0695. The molecule has 0 bridgehead atoms. The number of carbonyl (C=O) groups is 2. The third kappa shape index (κ3) is 4.91. The van der Waals surface area contributed by atoms with Crippen molar-refractivity contribution in [3.8, 4) is 5.88 Å². The lowest BCUT2D eigenvalue weighted by molar-refractivity contribution is 0.0845. The van der Waals surface area contributed by atoms with E-state index in [4.69, 9.17) is 15.6 Å². The lowest BCUT2D eigenvalue weighted by Gasteiger charge is -2.34. The van der Waals surface area contributed by atoms with E-state index < -0.39 is 6.09 Å². The van der Waals surface area contributed by atoms with Gasteiger partial charge in [0, 0.05) is 45.1 Å². The van der Waals surface area contributed by atoms with E-state index >= 15 is 0 Å². The van der Waals surface area contributed by atoms with E-state index in [1.54, 1.807) is 4.52 Å². The summed E-state index contributed by atoms with van der Waals surface area (Å²) in [5.41, 5.74) is 7.80. The van der Waals surface area contributed by atoms with Crippen molar-refractivity contribution in [2.75, 3.05) is 36.8 Å². The number of nitrogens with one attached hydrogen (secondary N) is 1. The molecule has 4 N–H and O–H groups in total. The van der Waals surface area contributed by atoms with Crippen molar-refractivity contribution in [3.05, 3.63) is 26.9 Å². The number of nitrogens with zero attached hydrogens (tertiary/aromatic N) is 6. The number of fused-ring (bicyclic) bond motifs is 1. The quantitative estimate of drug-likeness (QED) is 0.415. The van der Waals surface area contributed by atoms with E-state index in [1.165, 1.54) is 22.6 Å². The van der Waals surface area contributed by atoms with E-state index in [0.717, 1.165) is 40.2 Å². The zero-order valence-electron chi connectivity index (χ0n) is 19.7. The van der Waals surface area contributed by atoms with Gasteiger partial charge in [-0.1, -0.05) is 0 Å². The van der Waals surface area contributed by atoms with Gasteiger partial charge in [0.15, 0.2) is 10.7 Å². The fraction of sp³-hybridized carbons (Fsp3) is 0.500. The Bertz CT molecular complexity index is 1290. The lowest BCUT2D eigenvalue weighted by atomic mass is 10.0. The van der Waals surface area contributed by atoms with E-state index in [1.807, 2.05) is 13.0 Å². The van der Waals surface area contributed by atoms with Gasteiger partial charge in [0.2, 0.25) is 5.88 Å². The zero-order valence-corrected chi connectivity index (χ0v) is 22.1. The number of aromatic nitrogens is 4. The number of halogens is 1. The van der Waals surface area contributed by atoms with Gasteiger partial charge in [0.1, 0.15) is 22.6 Å². The molecular formula is C22H27BrN8O4S. The Labute approximate surface area is 219 Å². The number of carbonyl (C=O) groups excluding carboxylic acids is 1. The first-order chi connectivity index (χ1) is 17.3. The second-order valence-electron chi connectivity index (χ2n) is 8.97. The van der Waals surface area contributed by atoms with Gasteiger partial charge >= 0.3 is 6.09 Å². The summed E-state index contributed by atoms with van der Waals surface area (Å²) in [5.74, 6) is 0.507. The first-order valence-electron chi connectivity index (χ1n) is 11.8. The summed E-state index contributed by atoms with van der Waals surface area (Å²) in [4.78, 5) is 37.0. The molecule has 5 rings (SSSR count). The fourth-order valence-corrected chi connectivity index (χ4v) is 6.01. The highest BCUT2D eigenvalue weighted by Crippen LogP contribution is 2.33. The number of likely N-dealkylation sites (tertiary alicyclic amines) is 1. The molecule has 2 fully saturated rings. The van der Waals surface area contributed by atoms with Crippen LogP contribution in [0.4, 0.5) is 16.3 Å². The highest BCUT2D eigenvalue weighted by atomic mass is 79.9. The van der Waals surface area contributed by atoms with Crippen LogP contribution in [0.5, 0.6) is 5.88 Å². The van der Waals surface area contributed by atoms with Crippen LogP contribution in [0.2, 0.25) is 0 Å². The van der Waals surface area contributed by atoms with Gasteiger partial charge in [0.05, 0.1) is 10.7 Å². The number of piperidine rings is 2. The Morgan fingerprint density at radius 1 is 1.28 bits per heavy atom. The monoisotopic (exact) mass is 578 g/mol. The van der Waals surface area contributed by atoms with Crippen LogP contribution in [0.25, 0.3) is 5.52 Å². The van der Waals surface area contributed by atoms with Gasteiger partial charge in [-0.2, -0.15) is 5.10 Å². The van der Waals surface area contributed by atoms with Crippen LogP contribution < -0.4 is 20.7 Å². The maximum Gasteiger partial charge on any atom is 0.407 e. The van der Waals surface area contributed by atoms with Crippen molar-refractivity contribution in [2.24, 2.45) is 0 Å². The molecular weight excluding hydrogens is 552 g/mol. The number of amides is 2. The fourth-order valence-electron chi connectivity index (χ4n) is 4.77.